The standard InChI is InChI=1S/C11H18N2S/c1-3-7-11(2,12)10-13-8-5-4-6-9(8)14-10/h3-7,12H2,1-2H3. The summed E-state index contributed by atoms with van der Waals surface area (Å²) < 4.78 is 0. The molecule has 1 heterocycles. The lowest BCUT2D eigenvalue weighted by molar-refractivity contribution is 0.443. The SMILES string of the molecule is CCCC(C)(N)c1nc2c(s1)CCC2. The van der Waals surface area contributed by atoms with Gasteiger partial charge in [0.1, 0.15) is 5.01 Å². The first-order valence-electron chi connectivity index (χ1n) is 5.41. The molecule has 0 saturated heterocycles. The predicted octanol–water partition coefficient (Wildman–Crippen LogP) is 2.61. The molecule has 2 rings (SSSR count). The fourth-order valence-corrected chi connectivity index (χ4v) is 3.30. The number of thiazole rings is 1. The van der Waals surface area contributed by atoms with Gasteiger partial charge in [0.25, 0.3) is 0 Å². The Morgan fingerprint density at radius 3 is 2.93 bits per heavy atom. The summed E-state index contributed by atoms with van der Waals surface area (Å²) in [4.78, 5) is 6.15. The van der Waals surface area contributed by atoms with E-state index >= 15 is 0 Å². The molecule has 1 atom stereocenters. The zero-order valence-corrected chi connectivity index (χ0v) is 9.78. The maximum atomic E-state index is 6.26. The third-order valence-corrected chi connectivity index (χ3v) is 4.29. The van der Waals surface area contributed by atoms with Gasteiger partial charge in [-0.25, -0.2) is 4.98 Å². The van der Waals surface area contributed by atoms with Gasteiger partial charge in [-0.2, -0.15) is 0 Å². The van der Waals surface area contributed by atoms with Crippen molar-refractivity contribution in [3.05, 3.63) is 15.6 Å². The lowest BCUT2D eigenvalue weighted by Crippen LogP contribution is -2.32. The van der Waals surface area contributed by atoms with Gasteiger partial charge in [0.05, 0.1) is 11.2 Å². The lowest BCUT2D eigenvalue weighted by Gasteiger charge is -2.20. The number of nitrogens with two attached hydrogens (primary N) is 1. The molecule has 0 aliphatic heterocycles. The Morgan fingerprint density at radius 2 is 2.29 bits per heavy atom. The van der Waals surface area contributed by atoms with E-state index in [9.17, 15) is 0 Å². The fourth-order valence-electron chi connectivity index (χ4n) is 2.06. The largest absolute Gasteiger partial charge is 0.320 e. The molecule has 0 amide bonds. The molecule has 3 heteroatoms. The molecular weight excluding hydrogens is 192 g/mol. The molecule has 2 nitrogen and oxygen atoms in total. The van der Waals surface area contributed by atoms with Crippen LogP contribution in [0.3, 0.4) is 0 Å². The van der Waals surface area contributed by atoms with Gasteiger partial charge >= 0.3 is 0 Å². The summed E-state index contributed by atoms with van der Waals surface area (Å²) in [5, 5.41) is 1.14. The van der Waals surface area contributed by atoms with Crippen molar-refractivity contribution >= 4 is 11.3 Å². The van der Waals surface area contributed by atoms with Gasteiger partial charge in [-0.15, -0.1) is 11.3 Å². The smallest absolute Gasteiger partial charge is 0.113 e. The number of hydrogen-bond acceptors (Lipinski definition) is 3. The van der Waals surface area contributed by atoms with Crippen molar-refractivity contribution in [2.24, 2.45) is 5.73 Å². The molecule has 1 aliphatic rings. The zero-order chi connectivity index (χ0) is 10.2. The van der Waals surface area contributed by atoms with Gasteiger partial charge < -0.3 is 5.73 Å². The highest BCUT2D eigenvalue weighted by Gasteiger charge is 2.27. The summed E-state index contributed by atoms with van der Waals surface area (Å²) in [5.41, 5.74) is 7.37. The highest BCUT2D eigenvalue weighted by atomic mass is 32.1. The summed E-state index contributed by atoms with van der Waals surface area (Å²) in [7, 11) is 0. The Hall–Kier alpha value is -0.410. The van der Waals surface area contributed by atoms with E-state index < -0.39 is 0 Å². The second-order valence-electron chi connectivity index (χ2n) is 4.41. The fraction of sp³-hybridized carbons (Fsp3) is 0.727. The topological polar surface area (TPSA) is 38.9 Å². The first-order valence-corrected chi connectivity index (χ1v) is 6.23. The molecule has 0 aromatic carbocycles. The van der Waals surface area contributed by atoms with Crippen molar-refractivity contribution < 1.29 is 0 Å². The molecule has 1 aliphatic carbocycles. The van der Waals surface area contributed by atoms with E-state index in [0.29, 0.717) is 0 Å². The van der Waals surface area contributed by atoms with Gasteiger partial charge in [-0.3, -0.25) is 0 Å². The number of aryl methyl sites for hydroxylation is 2. The molecule has 14 heavy (non-hydrogen) atoms. The normalized spacial score (nSPS) is 19.4. The van der Waals surface area contributed by atoms with E-state index in [4.69, 9.17) is 5.73 Å². The summed E-state index contributed by atoms with van der Waals surface area (Å²) in [6, 6.07) is 0. The molecule has 1 aromatic heterocycles. The third kappa shape index (κ3) is 1.71. The van der Waals surface area contributed by atoms with Crippen molar-refractivity contribution in [1.82, 2.24) is 4.98 Å². The minimum Gasteiger partial charge on any atom is -0.320 e. The quantitative estimate of drug-likeness (QED) is 0.833. The molecule has 0 spiro atoms. The number of fused-ring (bicyclic) bond motifs is 1. The van der Waals surface area contributed by atoms with E-state index in [1.54, 1.807) is 0 Å². The minimum absolute atomic E-state index is 0.205. The van der Waals surface area contributed by atoms with Crippen LogP contribution in [0.2, 0.25) is 0 Å². The van der Waals surface area contributed by atoms with Crippen LogP contribution in [0, 0.1) is 0 Å². The second-order valence-corrected chi connectivity index (χ2v) is 5.49. The van der Waals surface area contributed by atoms with Crippen LogP contribution in [0.25, 0.3) is 0 Å². The molecular formula is C11H18N2S. The van der Waals surface area contributed by atoms with E-state index in [1.165, 1.54) is 23.4 Å². The van der Waals surface area contributed by atoms with Gasteiger partial charge in [0, 0.05) is 4.88 Å². The van der Waals surface area contributed by atoms with E-state index in [1.807, 2.05) is 11.3 Å². The minimum atomic E-state index is -0.205. The van der Waals surface area contributed by atoms with E-state index in [2.05, 4.69) is 18.8 Å². The summed E-state index contributed by atoms with van der Waals surface area (Å²) in [6.07, 6.45) is 5.81. The summed E-state index contributed by atoms with van der Waals surface area (Å²) >= 11 is 1.83. The molecule has 0 saturated carbocycles. The van der Waals surface area contributed by atoms with Crippen LogP contribution in [0.5, 0.6) is 0 Å². The monoisotopic (exact) mass is 210 g/mol. The number of rotatable bonds is 3. The summed E-state index contributed by atoms with van der Waals surface area (Å²) in [6.45, 7) is 4.27. The van der Waals surface area contributed by atoms with Crippen LogP contribution in [0.15, 0.2) is 0 Å². The number of nitrogens with zero attached hydrogens (tertiary/aromatic N) is 1. The van der Waals surface area contributed by atoms with Crippen LogP contribution >= 0.6 is 11.3 Å². The van der Waals surface area contributed by atoms with E-state index in [0.717, 1.165) is 24.3 Å². The van der Waals surface area contributed by atoms with Gasteiger partial charge in [0.2, 0.25) is 0 Å². The zero-order valence-electron chi connectivity index (χ0n) is 8.97. The molecule has 0 radical (unpaired) electrons. The Balaban J connectivity index is 2.24. The number of aromatic nitrogens is 1. The van der Waals surface area contributed by atoms with Crippen LogP contribution in [0.4, 0.5) is 0 Å². The molecule has 2 N–H and O–H groups in total. The predicted molar refractivity (Wildman–Crippen MR) is 60.6 cm³/mol. The van der Waals surface area contributed by atoms with Gasteiger partial charge in [-0.05, 0) is 32.6 Å². The van der Waals surface area contributed by atoms with Crippen LogP contribution in [-0.2, 0) is 18.4 Å². The Kier molecular flexibility index (Phi) is 2.62. The molecule has 0 fully saturated rings. The van der Waals surface area contributed by atoms with Crippen molar-refractivity contribution in [3.63, 3.8) is 0 Å². The van der Waals surface area contributed by atoms with Gasteiger partial charge in [-0.1, -0.05) is 13.3 Å². The van der Waals surface area contributed by atoms with Gasteiger partial charge in [0.15, 0.2) is 0 Å². The average molecular weight is 210 g/mol. The lowest BCUT2D eigenvalue weighted by atomic mass is 9.99. The van der Waals surface area contributed by atoms with Crippen molar-refractivity contribution in [3.8, 4) is 0 Å². The van der Waals surface area contributed by atoms with Crippen molar-refractivity contribution in [1.29, 1.82) is 0 Å². The number of hydrogen-bond donors (Lipinski definition) is 1. The first-order chi connectivity index (χ1) is 6.63. The van der Waals surface area contributed by atoms with Crippen LogP contribution in [0.1, 0.15) is 48.7 Å². The summed E-state index contributed by atoms with van der Waals surface area (Å²) in [5.74, 6) is 0. The molecule has 1 unspecified atom stereocenters. The molecule has 78 valence electrons. The second kappa shape index (κ2) is 3.63. The first kappa shape index (κ1) is 10.1. The average Bonchev–Trinajstić information content (AvgIpc) is 2.60. The highest BCUT2D eigenvalue weighted by molar-refractivity contribution is 7.12. The Labute approximate surface area is 89.5 Å². The molecule has 0 bridgehead atoms. The van der Waals surface area contributed by atoms with Crippen molar-refractivity contribution in [2.45, 2.75) is 51.5 Å². The maximum absolute atomic E-state index is 6.26. The van der Waals surface area contributed by atoms with Crippen LogP contribution < -0.4 is 5.73 Å². The Bertz CT molecular complexity index is 307. The molecule has 1 aromatic rings. The Morgan fingerprint density at radius 1 is 1.50 bits per heavy atom. The highest BCUT2D eigenvalue weighted by Crippen LogP contribution is 2.33. The maximum Gasteiger partial charge on any atom is 0.113 e. The third-order valence-electron chi connectivity index (χ3n) is 2.85. The van der Waals surface area contributed by atoms with E-state index in [-0.39, 0.29) is 5.54 Å². The van der Waals surface area contributed by atoms with Crippen LogP contribution in [-0.4, -0.2) is 4.98 Å². The van der Waals surface area contributed by atoms with Crippen molar-refractivity contribution in [2.75, 3.05) is 0 Å².